The lowest BCUT2D eigenvalue weighted by atomic mass is 9.91. The molecule has 1 aliphatic heterocycles. The fraction of sp³-hybridized carbons (Fsp3) is 0.917. The van der Waals surface area contributed by atoms with E-state index in [2.05, 4.69) is 25.7 Å². The van der Waals surface area contributed by atoms with Gasteiger partial charge < -0.3 is 5.73 Å². The number of thiocarbonyl (C=S) groups is 1. The van der Waals surface area contributed by atoms with Crippen molar-refractivity contribution in [3.63, 3.8) is 0 Å². The molecule has 15 heavy (non-hydrogen) atoms. The first-order chi connectivity index (χ1) is 6.90. The molecule has 1 fully saturated rings. The fourth-order valence-corrected chi connectivity index (χ4v) is 2.33. The molecule has 0 aromatic carbocycles. The largest absolute Gasteiger partial charge is 0.392 e. The SMILES string of the molecule is CC(C)(C)CCN1CCCCC1C(N)=S. The maximum absolute atomic E-state index is 5.79. The zero-order valence-corrected chi connectivity index (χ0v) is 11.1. The van der Waals surface area contributed by atoms with Crippen LogP contribution in [0.3, 0.4) is 0 Å². The second kappa shape index (κ2) is 5.26. The summed E-state index contributed by atoms with van der Waals surface area (Å²) in [5.41, 5.74) is 6.19. The van der Waals surface area contributed by atoms with E-state index in [0.717, 1.165) is 19.5 Å². The summed E-state index contributed by atoms with van der Waals surface area (Å²) in [7, 11) is 0. The van der Waals surface area contributed by atoms with E-state index in [-0.39, 0.29) is 0 Å². The number of nitrogens with two attached hydrogens (primary N) is 1. The molecule has 1 unspecified atom stereocenters. The molecule has 0 spiro atoms. The summed E-state index contributed by atoms with van der Waals surface area (Å²) in [5.74, 6) is 0. The Labute approximate surface area is 99.2 Å². The highest BCUT2D eigenvalue weighted by atomic mass is 32.1. The van der Waals surface area contributed by atoms with E-state index in [0.29, 0.717) is 16.4 Å². The Balaban J connectivity index is 2.46. The monoisotopic (exact) mass is 228 g/mol. The standard InChI is InChI=1S/C12H24N2S/c1-12(2,3)7-9-14-8-5-4-6-10(14)11(13)15/h10H,4-9H2,1-3H3,(H2,13,15). The Morgan fingerprint density at radius 1 is 1.40 bits per heavy atom. The lowest BCUT2D eigenvalue weighted by Crippen LogP contribution is -2.47. The van der Waals surface area contributed by atoms with Crippen molar-refractivity contribution in [2.75, 3.05) is 13.1 Å². The van der Waals surface area contributed by atoms with Crippen LogP contribution >= 0.6 is 12.2 Å². The number of rotatable bonds is 3. The summed E-state index contributed by atoms with van der Waals surface area (Å²) in [5, 5.41) is 0. The Bertz CT molecular complexity index is 220. The van der Waals surface area contributed by atoms with E-state index in [9.17, 15) is 0 Å². The number of piperidine rings is 1. The predicted octanol–water partition coefficient (Wildman–Crippen LogP) is 2.56. The maximum Gasteiger partial charge on any atom is 0.0902 e. The third kappa shape index (κ3) is 4.47. The van der Waals surface area contributed by atoms with E-state index in [1.807, 2.05) is 0 Å². The minimum absolute atomic E-state index is 0.357. The summed E-state index contributed by atoms with van der Waals surface area (Å²) in [6, 6.07) is 0.357. The maximum atomic E-state index is 5.79. The summed E-state index contributed by atoms with van der Waals surface area (Å²) in [6.45, 7) is 9.15. The lowest BCUT2D eigenvalue weighted by molar-refractivity contribution is 0.167. The van der Waals surface area contributed by atoms with Crippen LogP contribution in [-0.2, 0) is 0 Å². The molecule has 0 aromatic heterocycles. The molecule has 88 valence electrons. The average Bonchev–Trinajstić information content (AvgIpc) is 2.14. The lowest BCUT2D eigenvalue weighted by Gasteiger charge is -2.36. The van der Waals surface area contributed by atoms with Gasteiger partial charge in [-0.15, -0.1) is 0 Å². The Kier molecular flexibility index (Phi) is 4.53. The predicted molar refractivity (Wildman–Crippen MR) is 70.1 cm³/mol. The minimum atomic E-state index is 0.357. The van der Waals surface area contributed by atoms with Gasteiger partial charge in [0.05, 0.1) is 11.0 Å². The quantitative estimate of drug-likeness (QED) is 0.753. The summed E-state index contributed by atoms with van der Waals surface area (Å²) >= 11 is 5.14. The molecule has 1 heterocycles. The molecule has 0 radical (unpaired) electrons. The molecular weight excluding hydrogens is 204 g/mol. The Hall–Kier alpha value is -0.150. The second-order valence-electron chi connectivity index (χ2n) is 5.76. The van der Waals surface area contributed by atoms with Crippen LogP contribution < -0.4 is 5.73 Å². The van der Waals surface area contributed by atoms with Gasteiger partial charge in [0.15, 0.2) is 0 Å². The van der Waals surface area contributed by atoms with Crippen LogP contribution in [0, 0.1) is 5.41 Å². The first-order valence-corrected chi connectivity index (χ1v) is 6.34. The molecule has 1 atom stereocenters. The first kappa shape index (κ1) is 12.9. The number of nitrogens with zero attached hydrogens (tertiary/aromatic N) is 1. The molecule has 1 aliphatic rings. The van der Waals surface area contributed by atoms with Crippen LogP contribution in [0.2, 0.25) is 0 Å². The van der Waals surface area contributed by atoms with Crippen molar-refractivity contribution in [3.05, 3.63) is 0 Å². The number of hydrogen-bond acceptors (Lipinski definition) is 2. The van der Waals surface area contributed by atoms with Crippen molar-refractivity contribution < 1.29 is 0 Å². The third-order valence-corrected chi connectivity index (χ3v) is 3.36. The Morgan fingerprint density at radius 2 is 2.07 bits per heavy atom. The van der Waals surface area contributed by atoms with Gasteiger partial charge in [0.2, 0.25) is 0 Å². The average molecular weight is 228 g/mol. The van der Waals surface area contributed by atoms with Gasteiger partial charge in [-0.05, 0) is 37.8 Å². The molecule has 0 saturated carbocycles. The summed E-state index contributed by atoms with van der Waals surface area (Å²) < 4.78 is 0. The van der Waals surface area contributed by atoms with Crippen LogP contribution in [-0.4, -0.2) is 29.0 Å². The van der Waals surface area contributed by atoms with E-state index in [1.165, 1.54) is 19.3 Å². The molecular formula is C12H24N2S. The van der Waals surface area contributed by atoms with Gasteiger partial charge in [0.25, 0.3) is 0 Å². The van der Waals surface area contributed by atoms with Crippen molar-refractivity contribution in [1.82, 2.24) is 4.90 Å². The molecule has 1 saturated heterocycles. The number of hydrogen-bond donors (Lipinski definition) is 1. The van der Waals surface area contributed by atoms with Crippen molar-refractivity contribution in [2.24, 2.45) is 11.1 Å². The van der Waals surface area contributed by atoms with Crippen LogP contribution in [0.4, 0.5) is 0 Å². The first-order valence-electron chi connectivity index (χ1n) is 5.93. The third-order valence-electron chi connectivity index (χ3n) is 3.09. The zero-order chi connectivity index (χ0) is 11.5. The molecule has 0 aliphatic carbocycles. The molecule has 2 N–H and O–H groups in total. The highest BCUT2D eigenvalue weighted by Crippen LogP contribution is 2.23. The van der Waals surface area contributed by atoms with Crippen LogP contribution in [0.15, 0.2) is 0 Å². The highest BCUT2D eigenvalue weighted by molar-refractivity contribution is 7.80. The normalized spacial score (nSPS) is 24.1. The zero-order valence-electron chi connectivity index (χ0n) is 10.3. The molecule has 0 amide bonds. The van der Waals surface area contributed by atoms with Crippen LogP contribution in [0.25, 0.3) is 0 Å². The van der Waals surface area contributed by atoms with Crippen molar-refractivity contribution >= 4 is 17.2 Å². The van der Waals surface area contributed by atoms with Crippen molar-refractivity contribution in [1.29, 1.82) is 0 Å². The molecule has 1 rings (SSSR count). The van der Waals surface area contributed by atoms with Gasteiger partial charge in [0.1, 0.15) is 0 Å². The van der Waals surface area contributed by atoms with E-state index in [4.69, 9.17) is 18.0 Å². The minimum Gasteiger partial charge on any atom is -0.392 e. The molecule has 0 bridgehead atoms. The fourth-order valence-electron chi connectivity index (χ4n) is 2.06. The van der Waals surface area contributed by atoms with E-state index >= 15 is 0 Å². The van der Waals surface area contributed by atoms with Gasteiger partial charge in [0, 0.05) is 0 Å². The molecule has 3 heteroatoms. The van der Waals surface area contributed by atoms with E-state index < -0.39 is 0 Å². The van der Waals surface area contributed by atoms with Gasteiger partial charge in [-0.25, -0.2) is 0 Å². The smallest absolute Gasteiger partial charge is 0.0902 e. The van der Waals surface area contributed by atoms with Gasteiger partial charge in [-0.2, -0.15) is 0 Å². The Morgan fingerprint density at radius 3 is 2.60 bits per heavy atom. The van der Waals surface area contributed by atoms with Gasteiger partial charge in [-0.3, -0.25) is 4.90 Å². The molecule has 2 nitrogen and oxygen atoms in total. The van der Waals surface area contributed by atoms with Crippen molar-refractivity contribution in [2.45, 2.75) is 52.5 Å². The highest BCUT2D eigenvalue weighted by Gasteiger charge is 2.25. The summed E-state index contributed by atoms with van der Waals surface area (Å²) in [4.78, 5) is 3.15. The van der Waals surface area contributed by atoms with Gasteiger partial charge >= 0.3 is 0 Å². The van der Waals surface area contributed by atoms with E-state index in [1.54, 1.807) is 0 Å². The van der Waals surface area contributed by atoms with Crippen molar-refractivity contribution in [3.8, 4) is 0 Å². The van der Waals surface area contributed by atoms with Crippen LogP contribution in [0.5, 0.6) is 0 Å². The topological polar surface area (TPSA) is 29.3 Å². The molecule has 0 aromatic rings. The summed E-state index contributed by atoms with van der Waals surface area (Å²) in [6.07, 6.45) is 4.93. The van der Waals surface area contributed by atoms with Crippen LogP contribution in [0.1, 0.15) is 46.5 Å². The number of likely N-dealkylation sites (tertiary alicyclic amines) is 1. The second-order valence-corrected chi connectivity index (χ2v) is 6.23. The van der Waals surface area contributed by atoms with Gasteiger partial charge in [-0.1, -0.05) is 39.4 Å².